The summed E-state index contributed by atoms with van der Waals surface area (Å²) in [5, 5.41) is 3.37. The van der Waals surface area contributed by atoms with Crippen LogP contribution in [0.5, 0.6) is 0 Å². The Morgan fingerprint density at radius 3 is 2.44 bits per heavy atom. The summed E-state index contributed by atoms with van der Waals surface area (Å²) in [6.45, 7) is 2.75. The zero-order valence-corrected chi connectivity index (χ0v) is 10.4. The van der Waals surface area contributed by atoms with E-state index in [9.17, 15) is 4.39 Å². The molecule has 0 aliphatic carbocycles. The maximum Gasteiger partial charge on any atom is 0.123 e. The van der Waals surface area contributed by atoms with Crippen molar-refractivity contribution in [2.45, 2.75) is 19.5 Å². The van der Waals surface area contributed by atoms with Gasteiger partial charge in [0, 0.05) is 18.3 Å². The summed E-state index contributed by atoms with van der Waals surface area (Å²) < 4.78 is 12.8. The van der Waals surface area contributed by atoms with Crippen molar-refractivity contribution in [3.8, 4) is 0 Å². The Morgan fingerprint density at radius 2 is 1.78 bits per heavy atom. The van der Waals surface area contributed by atoms with Gasteiger partial charge in [0.2, 0.25) is 0 Å². The quantitative estimate of drug-likeness (QED) is 0.810. The van der Waals surface area contributed by atoms with E-state index in [1.54, 1.807) is 12.1 Å². The van der Waals surface area contributed by atoms with Crippen LogP contribution in [0.25, 0.3) is 0 Å². The SMILES string of the molecule is C[C@@H](NCc1ccccc1N)c1ccc(F)cc1. The van der Waals surface area contributed by atoms with E-state index in [2.05, 4.69) is 5.32 Å². The average Bonchev–Trinajstić information content (AvgIpc) is 2.38. The fourth-order valence-corrected chi connectivity index (χ4v) is 1.83. The van der Waals surface area contributed by atoms with E-state index in [4.69, 9.17) is 5.73 Å². The molecule has 0 unspecified atom stereocenters. The van der Waals surface area contributed by atoms with Gasteiger partial charge in [-0.15, -0.1) is 0 Å². The van der Waals surface area contributed by atoms with E-state index in [0.717, 1.165) is 16.8 Å². The summed E-state index contributed by atoms with van der Waals surface area (Å²) in [5.74, 6) is -0.210. The summed E-state index contributed by atoms with van der Waals surface area (Å²) in [5.41, 5.74) is 8.80. The second kappa shape index (κ2) is 5.65. The van der Waals surface area contributed by atoms with Crippen LogP contribution in [0.15, 0.2) is 48.5 Å². The third-order valence-electron chi connectivity index (χ3n) is 3.02. The largest absolute Gasteiger partial charge is 0.398 e. The molecule has 3 N–H and O–H groups in total. The highest BCUT2D eigenvalue weighted by Gasteiger charge is 2.05. The van der Waals surface area contributed by atoms with Crippen LogP contribution in [0, 0.1) is 5.82 Å². The number of hydrogen-bond donors (Lipinski definition) is 2. The minimum absolute atomic E-state index is 0.158. The number of benzene rings is 2. The fourth-order valence-electron chi connectivity index (χ4n) is 1.83. The van der Waals surface area contributed by atoms with Gasteiger partial charge >= 0.3 is 0 Å². The monoisotopic (exact) mass is 244 g/mol. The Balaban J connectivity index is 1.98. The van der Waals surface area contributed by atoms with Gasteiger partial charge in [-0.05, 0) is 36.2 Å². The maximum absolute atomic E-state index is 12.8. The van der Waals surface area contributed by atoms with Gasteiger partial charge in [0.15, 0.2) is 0 Å². The lowest BCUT2D eigenvalue weighted by Crippen LogP contribution is -2.18. The molecular weight excluding hydrogens is 227 g/mol. The molecule has 0 bridgehead atoms. The fraction of sp³-hybridized carbons (Fsp3) is 0.200. The number of rotatable bonds is 4. The molecule has 2 rings (SSSR count). The van der Waals surface area contributed by atoms with Crippen LogP contribution in [0.1, 0.15) is 24.1 Å². The molecule has 0 radical (unpaired) electrons. The van der Waals surface area contributed by atoms with E-state index in [1.165, 1.54) is 12.1 Å². The third kappa shape index (κ3) is 3.08. The summed E-state index contributed by atoms with van der Waals surface area (Å²) in [6.07, 6.45) is 0. The molecule has 94 valence electrons. The molecule has 2 nitrogen and oxygen atoms in total. The van der Waals surface area contributed by atoms with Gasteiger partial charge in [-0.25, -0.2) is 4.39 Å². The summed E-state index contributed by atoms with van der Waals surface area (Å²) in [6, 6.07) is 14.5. The van der Waals surface area contributed by atoms with E-state index in [1.807, 2.05) is 31.2 Å². The number of hydrogen-bond acceptors (Lipinski definition) is 2. The first-order chi connectivity index (χ1) is 8.66. The molecule has 0 heterocycles. The van der Waals surface area contributed by atoms with Gasteiger partial charge in [-0.2, -0.15) is 0 Å². The summed E-state index contributed by atoms with van der Waals surface area (Å²) in [4.78, 5) is 0. The molecule has 2 aromatic carbocycles. The standard InChI is InChI=1S/C15H17FN2/c1-11(12-6-8-14(16)9-7-12)18-10-13-4-2-3-5-15(13)17/h2-9,11,18H,10,17H2,1H3/t11-/m1/s1. The van der Waals surface area contributed by atoms with Crippen LogP contribution in [-0.4, -0.2) is 0 Å². The highest BCUT2D eigenvalue weighted by atomic mass is 19.1. The molecule has 0 spiro atoms. The second-order valence-corrected chi connectivity index (χ2v) is 4.35. The van der Waals surface area contributed by atoms with Gasteiger partial charge < -0.3 is 11.1 Å². The number of halogens is 1. The van der Waals surface area contributed by atoms with Crippen molar-refractivity contribution in [1.29, 1.82) is 0 Å². The highest BCUT2D eigenvalue weighted by molar-refractivity contribution is 5.46. The van der Waals surface area contributed by atoms with Gasteiger partial charge in [0.05, 0.1) is 0 Å². The van der Waals surface area contributed by atoms with E-state index in [-0.39, 0.29) is 11.9 Å². The summed E-state index contributed by atoms with van der Waals surface area (Å²) >= 11 is 0. The van der Waals surface area contributed by atoms with Crippen molar-refractivity contribution < 1.29 is 4.39 Å². The van der Waals surface area contributed by atoms with E-state index < -0.39 is 0 Å². The minimum Gasteiger partial charge on any atom is -0.398 e. The number of nitrogens with two attached hydrogens (primary N) is 1. The zero-order chi connectivity index (χ0) is 13.0. The smallest absolute Gasteiger partial charge is 0.123 e. The molecule has 0 aliphatic heterocycles. The highest BCUT2D eigenvalue weighted by Crippen LogP contribution is 2.15. The third-order valence-corrected chi connectivity index (χ3v) is 3.02. The van der Waals surface area contributed by atoms with Crippen LogP contribution in [-0.2, 0) is 6.54 Å². The Kier molecular flexibility index (Phi) is 3.95. The Labute approximate surface area is 107 Å². The molecular formula is C15H17FN2. The molecule has 0 saturated heterocycles. The lowest BCUT2D eigenvalue weighted by Gasteiger charge is -2.15. The Morgan fingerprint density at radius 1 is 1.11 bits per heavy atom. The average molecular weight is 244 g/mol. The number of anilines is 1. The molecule has 0 fully saturated rings. The number of para-hydroxylation sites is 1. The molecule has 0 aromatic heterocycles. The van der Waals surface area contributed by atoms with Gasteiger partial charge in [0.25, 0.3) is 0 Å². The van der Waals surface area contributed by atoms with Crippen molar-refractivity contribution in [1.82, 2.24) is 5.32 Å². The first-order valence-corrected chi connectivity index (χ1v) is 5.99. The topological polar surface area (TPSA) is 38.0 Å². The van der Waals surface area contributed by atoms with Crippen LogP contribution in [0.4, 0.5) is 10.1 Å². The molecule has 0 amide bonds. The maximum atomic E-state index is 12.8. The second-order valence-electron chi connectivity index (χ2n) is 4.35. The van der Waals surface area contributed by atoms with Crippen LogP contribution in [0.3, 0.4) is 0 Å². The normalized spacial score (nSPS) is 12.3. The van der Waals surface area contributed by atoms with Gasteiger partial charge in [-0.3, -0.25) is 0 Å². The van der Waals surface area contributed by atoms with Crippen LogP contribution in [0.2, 0.25) is 0 Å². The van der Waals surface area contributed by atoms with Crippen molar-refractivity contribution in [3.63, 3.8) is 0 Å². The minimum atomic E-state index is -0.210. The van der Waals surface area contributed by atoms with Crippen molar-refractivity contribution in [2.24, 2.45) is 0 Å². The van der Waals surface area contributed by atoms with Crippen LogP contribution >= 0.6 is 0 Å². The first-order valence-electron chi connectivity index (χ1n) is 5.99. The van der Waals surface area contributed by atoms with E-state index >= 15 is 0 Å². The molecule has 0 aliphatic rings. The summed E-state index contributed by atoms with van der Waals surface area (Å²) in [7, 11) is 0. The lowest BCUT2D eigenvalue weighted by atomic mass is 10.1. The molecule has 2 aromatic rings. The molecule has 18 heavy (non-hydrogen) atoms. The Bertz CT molecular complexity index is 508. The van der Waals surface area contributed by atoms with Crippen molar-refractivity contribution in [2.75, 3.05) is 5.73 Å². The molecule has 1 atom stereocenters. The van der Waals surface area contributed by atoms with Crippen molar-refractivity contribution >= 4 is 5.69 Å². The molecule has 0 saturated carbocycles. The van der Waals surface area contributed by atoms with Crippen LogP contribution < -0.4 is 11.1 Å². The van der Waals surface area contributed by atoms with Crippen molar-refractivity contribution in [3.05, 3.63) is 65.5 Å². The number of nitrogen functional groups attached to an aromatic ring is 1. The number of nitrogens with one attached hydrogen (secondary N) is 1. The first kappa shape index (κ1) is 12.6. The Hall–Kier alpha value is -1.87. The van der Waals surface area contributed by atoms with Gasteiger partial charge in [-0.1, -0.05) is 30.3 Å². The molecule has 3 heteroatoms. The van der Waals surface area contributed by atoms with Gasteiger partial charge in [0.1, 0.15) is 5.82 Å². The zero-order valence-electron chi connectivity index (χ0n) is 10.4. The lowest BCUT2D eigenvalue weighted by molar-refractivity contribution is 0.572. The van der Waals surface area contributed by atoms with E-state index in [0.29, 0.717) is 6.54 Å². The predicted octanol–water partition coefficient (Wildman–Crippen LogP) is 3.26. The predicted molar refractivity (Wildman–Crippen MR) is 72.5 cm³/mol.